The first-order chi connectivity index (χ1) is 10.4. The highest BCUT2D eigenvalue weighted by Crippen LogP contribution is 2.10. The molecule has 0 bridgehead atoms. The van der Waals surface area contributed by atoms with Crippen LogP contribution < -0.4 is 10.6 Å². The summed E-state index contributed by atoms with van der Waals surface area (Å²) in [4.78, 5) is 23.6. The van der Waals surface area contributed by atoms with Crippen molar-refractivity contribution < 1.29 is 14.3 Å². The van der Waals surface area contributed by atoms with Crippen molar-refractivity contribution in [1.82, 2.24) is 10.6 Å². The zero-order chi connectivity index (χ0) is 16.5. The molecule has 0 aliphatic carbocycles. The number of benzene rings is 1. The maximum atomic E-state index is 12.1. The third-order valence-electron chi connectivity index (χ3n) is 2.97. The van der Waals surface area contributed by atoms with Gasteiger partial charge in [-0.3, -0.25) is 4.79 Å². The van der Waals surface area contributed by atoms with Gasteiger partial charge in [0.1, 0.15) is 0 Å². The molecule has 0 saturated heterocycles. The molecule has 0 aliphatic heterocycles. The van der Waals surface area contributed by atoms with Gasteiger partial charge in [0.15, 0.2) is 0 Å². The maximum Gasteiger partial charge on any atom is 0.407 e. The third-order valence-corrected chi connectivity index (χ3v) is 3.22. The Hall–Kier alpha value is -1.75. The predicted octanol–water partition coefficient (Wildman–Crippen LogP) is 3.23. The molecule has 1 rings (SSSR count). The molecule has 2 N–H and O–H groups in total. The number of hydrogen-bond acceptors (Lipinski definition) is 3. The van der Waals surface area contributed by atoms with Crippen molar-refractivity contribution >= 4 is 23.6 Å². The van der Waals surface area contributed by atoms with E-state index < -0.39 is 6.09 Å². The Morgan fingerprint density at radius 3 is 2.41 bits per heavy atom. The fourth-order valence-electron chi connectivity index (χ4n) is 2.02. The quantitative estimate of drug-likeness (QED) is 0.808. The van der Waals surface area contributed by atoms with Crippen LogP contribution in [0.4, 0.5) is 4.79 Å². The topological polar surface area (TPSA) is 67.4 Å². The lowest BCUT2D eigenvalue weighted by molar-refractivity contribution is 0.0944. The smallest absolute Gasteiger partial charge is 0.407 e. The molecule has 0 radical (unpaired) electrons. The van der Waals surface area contributed by atoms with Gasteiger partial charge in [0.25, 0.3) is 5.91 Å². The highest BCUT2D eigenvalue weighted by Gasteiger charge is 2.16. The number of halogens is 1. The molecule has 5 nitrogen and oxygen atoms in total. The zero-order valence-corrected chi connectivity index (χ0v) is 13.9. The molecule has 1 aromatic rings. The fourth-order valence-corrected chi connectivity index (χ4v) is 2.15. The average molecular weight is 327 g/mol. The molecule has 22 heavy (non-hydrogen) atoms. The minimum Gasteiger partial charge on any atom is -0.450 e. The molecule has 0 aromatic heterocycles. The van der Waals surface area contributed by atoms with Crippen LogP contribution in [0.5, 0.6) is 0 Å². The van der Waals surface area contributed by atoms with E-state index in [1.165, 1.54) is 0 Å². The van der Waals surface area contributed by atoms with Gasteiger partial charge >= 0.3 is 6.09 Å². The molecule has 1 unspecified atom stereocenters. The molecule has 2 amide bonds. The number of carbonyl (C=O) groups is 2. The van der Waals surface area contributed by atoms with Gasteiger partial charge in [-0.15, -0.1) is 0 Å². The minimum atomic E-state index is -0.464. The number of rotatable bonds is 7. The summed E-state index contributed by atoms with van der Waals surface area (Å²) in [6.07, 6.45) is 0.286. The monoisotopic (exact) mass is 326 g/mol. The molecule has 1 aromatic carbocycles. The fraction of sp³-hybridized carbons (Fsp3) is 0.500. The highest BCUT2D eigenvalue weighted by molar-refractivity contribution is 6.30. The van der Waals surface area contributed by atoms with Crippen molar-refractivity contribution in [2.24, 2.45) is 5.92 Å². The van der Waals surface area contributed by atoms with E-state index in [9.17, 15) is 9.59 Å². The first-order valence-electron chi connectivity index (χ1n) is 7.39. The summed E-state index contributed by atoms with van der Waals surface area (Å²) < 4.78 is 4.88. The summed E-state index contributed by atoms with van der Waals surface area (Å²) in [5, 5.41) is 6.17. The van der Waals surface area contributed by atoms with Gasteiger partial charge < -0.3 is 15.4 Å². The van der Waals surface area contributed by atoms with Crippen molar-refractivity contribution in [1.29, 1.82) is 0 Å². The largest absolute Gasteiger partial charge is 0.450 e. The molecule has 6 heteroatoms. The molecule has 0 heterocycles. The van der Waals surface area contributed by atoms with E-state index in [2.05, 4.69) is 24.5 Å². The number of carbonyl (C=O) groups excluding carboxylic acids is 2. The van der Waals surface area contributed by atoms with Crippen LogP contribution in [0, 0.1) is 5.92 Å². The average Bonchev–Trinajstić information content (AvgIpc) is 2.45. The molecule has 122 valence electrons. The Labute approximate surface area is 136 Å². The lowest BCUT2D eigenvalue weighted by atomic mass is 10.0. The number of amides is 2. The Bertz CT molecular complexity index is 489. The Kier molecular flexibility index (Phi) is 7.74. The lowest BCUT2D eigenvalue weighted by Gasteiger charge is -2.20. The van der Waals surface area contributed by atoms with Crippen molar-refractivity contribution in [3.63, 3.8) is 0 Å². The second-order valence-electron chi connectivity index (χ2n) is 5.41. The van der Waals surface area contributed by atoms with Gasteiger partial charge in [-0.25, -0.2) is 4.79 Å². The van der Waals surface area contributed by atoms with E-state index in [1.807, 2.05) is 0 Å². The van der Waals surface area contributed by atoms with Gasteiger partial charge in [0.2, 0.25) is 0 Å². The molecule has 0 fully saturated rings. The summed E-state index contributed by atoms with van der Waals surface area (Å²) in [5.41, 5.74) is 0.531. The van der Waals surface area contributed by atoms with Crippen LogP contribution in [0.2, 0.25) is 5.02 Å². The second-order valence-corrected chi connectivity index (χ2v) is 5.84. The Morgan fingerprint density at radius 1 is 1.23 bits per heavy atom. The van der Waals surface area contributed by atoms with Crippen LogP contribution in [0.1, 0.15) is 37.6 Å². The van der Waals surface area contributed by atoms with Crippen molar-refractivity contribution in [2.45, 2.75) is 33.2 Å². The van der Waals surface area contributed by atoms with Gasteiger partial charge in [-0.1, -0.05) is 25.4 Å². The first-order valence-corrected chi connectivity index (χ1v) is 7.77. The molecule has 0 aliphatic rings. The summed E-state index contributed by atoms with van der Waals surface area (Å²) >= 11 is 5.80. The van der Waals surface area contributed by atoms with E-state index in [0.29, 0.717) is 29.7 Å². The summed E-state index contributed by atoms with van der Waals surface area (Å²) in [5.74, 6) is 0.190. The number of nitrogens with one attached hydrogen (secondary N) is 2. The van der Waals surface area contributed by atoms with E-state index >= 15 is 0 Å². The van der Waals surface area contributed by atoms with E-state index in [4.69, 9.17) is 16.3 Å². The van der Waals surface area contributed by atoms with Gasteiger partial charge in [0.05, 0.1) is 6.61 Å². The number of alkyl carbamates (subject to hydrolysis) is 1. The number of hydrogen-bond donors (Lipinski definition) is 2. The number of ether oxygens (including phenoxy) is 1. The summed E-state index contributed by atoms with van der Waals surface area (Å²) in [7, 11) is 0. The van der Waals surface area contributed by atoms with Crippen LogP contribution >= 0.6 is 11.6 Å². The normalized spacial score (nSPS) is 11.9. The SMILES string of the molecule is CCOC(=O)NC(CNC(=O)c1ccc(Cl)cc1)CC(C)C. The maximum absolute atomic E-state index is 12.1. The Morgan fingerprint density at radius 2 is 1.86 bits per heavy atom. The molecule has 1 atom stereocenters. The van der Waals surface area contributed by atoms with Crippen LogP contribution in [-0.2, 0) is 4.74 Å². The van der Waals surface area contributed by atoms with Crippen LogP contribution in [-0.4, -0.2) is 31.2 Å². The molecule has 0 spiro atoms. The summed E-state index contributed by atoms with van der Waals surface area (Å²) in [6.45, 7) is 6.52. The van der Waals surface area contributed by atoms with Crippen molar-refractivity contribution in [3.8, 4) is 0 Å². The van der Waals surface area contributed by atoms with Gasteiger partial charge in [-0.05, 0) is 43.5 Å². The van der Waals surface area contributed by atoms with E-state index in [0.717, 1.165) is 6.42 Å². The minimum absolute atomic E-state index is 0.171. The van der Waals surface area contributed by atoms with E-state index in [1.54, 1.807) is 31.2 Å². The van der Waals surface area contributed by atoms with Crippen LogP contribution in [0.25, 0.3) is 0 Å². The molecular weight excluding hydrogens is 304 g/mol. The second kappa shape index (κ2) is 9.30. The van der Waals surface area contributed by atoms with Crippen LogP contribution in [0.15, 0.2) is 24.3 Å². The lowest BCUT2D eigenvalue weighted by Crippen LogP contribution is -2.44. The third kappa shape index (κ3) is 6.80. The van der Waals surface area contributed by atoms with Gasteiger partial charge in [-0.2, -0.15) is 0 Å². The standard InChI is InChI=1S/C16H23ClN2O3/c1-4-22-16(21)19-14(9-11(2)3)10-18-15(20)12-5-7-13(17)8-6-12/h5-8,11,14H,4,9-10H2,1-3H3,(H,18,20)(H,19,21). The zero-order valence-electron chi connectivity index (χ0n) is 13.2. The van der Waals surface area contributed by atoms with Crippen molar-refractivity contribution in [2.75, 3.05) is 13.2 Å². The van der Waals surface area contributed by atoms with Crippen LogP contribution in [0.3, 0.4) is 0 Å². The predicted molar refractivity (Wildman–Crippen MR) is 87.2 cm³/mol. The molecule has 0 saturated carbocycles. The Balaban J connectivity index is 2.56. The van der Waals surface area contributed by atoms with E-state index in [-0.39, 0.29) is 11.9 Å². The van der Waals surface area contributed by atoms with Crippen molar-refractivity contribution in [3.05, 3.63) is 34.9 Å². The molecular formula is C16H23ClN2O3. The first kappa shape index (κ1) is 18.3. The van der Waals surface area contributed by atoms with Gasteiger partial charge in [0, 0.05) is 23.2 Å². The summed E-state index contributed by atoms with van der Waals surface area (Å²) in [6, 6.07) is 6.48. The highest BCUT2D eigenvalue weighted by atomic mass is 35.5.